The molecule has 1 saturated heterocycles. The quantitative estimate of drug-likeness (QED) is 0.844. The monoisotopic (exact) mass is 226 g/mol. The van der Waals surface area contributed by atoms with Crippen LogP contribution in [0.4, 0.5) is 0 Å². The molecule has 2 N–H and O–H groups in total. The maximum Gasteiger partial charge on any atom is 0.0757 e. The highest BCUT2D eigenvalue weighted by atomic mass is 32.2. The SMILES string of the molecule is CCCn1nncc1C(N)C1CCSC1. The molecule has 0 radical (unpaired) electrons. The van der Waals surface area contributed by atoms with Gasteiger partial charge >= 0.3 is 0 Å². The standard InChI is InChI=1S/C10H18N4S/c1-2-4-14-9(6-12-13-14)10(11)8-3-5-15-7-8/h6,8,10H,2-5,7,11H2,1H3. The summed E-state index contributed by atoms with van der Waals surface area (Å²) < 4.78 is 1.95. The van der Waals surface area contributed by atoms with Crippen molar-refractivity contribution in [1.82, 2.24) is 15.0 Å². The van der Waals surface area contributed by atoms with Crippen molar-refractivity contribution in [2.24, 2.45) is 11.7 Å². The molecule has 15 heavy (non-hydrogen) atoms. The second-order valence-electron chi connectivity index (χ2n) is 4.03. The third-order valence-electron chi connectivity index (χ3n) is 2.90. The normalized spacial score (nSPS) is 23.2. The molecule has 1 fully saturated rings. The van der Waals surface area contributed by atoms with Crippen LogP contribution in [0.25, 0.3) is 0 Å². The first-order valence-corrected chi connectivity index (χ1v) is 6.70. The van der Waals surface area contributed by atoms with Crippen molar-refractivity contribution in [1.29, 1.82) is 0 Å². The van der Waals surface area contributed by atoms with Crippen molar-refractivity contribution < 1.29 is 0 Å². The van der Waals surface area contributed by atoms with Crippen LogP contribution in [-0.4, -0.2) is 26.5 Å². The Morgan fingerprint density at radius 1 is 1.73 bits per heavy atom. The topological polar surface area (TPSA) is 56.7 Å². The van der Waals surface area contributed by atoms with E-state index in [0.717, 1.165) is 18.7 Å². The van der Waals surface area contributed by atoms with E-state index in [-0.39, 0.29) is 6.04 Å². The molecule has 0 bridgehead atoms. The lowest BCUT2D eigenvalue weighted by Crippen LogP contribution is -2.24. The molecule has 1 aliphatic heterocycles. The number of aryl methyl sites for hydroxylation is 1. The van der Waals surface area contributed by atoms with Gasteiger partial charge in [-0.15, -0.1) is 5.10 Å². The van der Waals surface area contributed by atoms with Crippen molar-refractivity contribution in [3.63, 3.8) is 0 Å². The Bertz CT molecular complexity index is 306. The van der Waals surface area contributed by atoms with Crippen LogP contribution in [0.3, 0.4) is 0 Å². The minimum absolute atomic E-state index is 0.113. The Kier molecular flexibility index (Phi) is 3.64. The van der Waals surface area contributed by atoms with E-state index in [1.54, 1.807) is 0 Å². The third kappa shape index (κ3) is 2.34. The second kappa shape index (κ2) is 4.99. The number of hydrogen-bond acceptors (Lipinski definition) is 4. The zero-order valence-corrected chi connectivity index (χ0v) is 9.91. The van der Waals surface area contributed by atoms with Crippen LogP contribution >= 0.6 is 11.8 Å². The van der Waals surface area contributed by atoms with Gasteiger partial charge in [-0.2, -0.15) is 11.8 Å². The van der Waals surface area contributed by atoms with E-state index in [1.807, 2.05) is 22.6 Å². The fourth-order valence-electron chi connectivity index (χ4n) is 1.99. The molecule has 1 aliphatic rings. The molecule has 0 aliphatic carbocycles. The Hall–Kier alpha value is -0.550. The smallest absolute Gasteiger partial charge is 0.0757 e. The molecule has 2 unspecified atom stereocenters. The van der Waals surface area contributed by atoms with Gasteiger partial charge in [0.2, 0.25) is 0 Å². The summed E-state index contributed by atoms with van der Waals surface area (Å²) in [7, 11) is 0. The molecule has 5 heteroatoms. The van der Waals surface area contributed by atoms with Crippen LogP contribution in [0, 0.1) is 5.92 Å². The predicted molar refractivity (Wildman–Crippen MR) is 62.7 cm³/mol. The summed E-state index contributed by atoms with van der Waals surface area (Å²) in [6.07, 6.45) is 4.12. The molecule has 1 aromatic heterocycles. The predicted octanol–water partition coefficient (Wildman–Crippen LogP) is 1.44. The van der Waals surface area contributed by atoms with E-state index in [1.165, 1.54) is 17.9 Å². The molecule has 2 atom stereocenters. The summed E-state index contributed by atoms with van der Waals surface area (Å²) in [4.78, 5) is 0. The first kappa shape index (κ1) is 11.0. The lowest BCUT2D eigenvalue weighted by Gasteiger charge is -2.18. The minimum atomic E-state index is 0.113. The maximum absolute atomic E-state index is 6.26. The molecule has 1 aromatic rings. The van der Waals surface area contributed by atoms with Gasteiger partial charge in [0.25, 0.3) is 0 Å². The Morgan fingerprint density at radius 2 is 2.60 bits per heavy atom. The minimum Gasteiger partial charge on any atom is -0.322 e. The Balaban J connectivity index is 2.09. The Morgan fingerprint density at radius 3 is 3.27 bits per heavy atom. The van der Waals surface area contributed by atoms with E-state index < -0.39 is 0 Å². The second-order valence-corrected chi connectivity index (χ2v) is 5.18. The van der Waals surface area contributed by atoms with E-state index in [2.05, 4.69) is 17.2 Å². The molecular formula is C10H18N4S. The first-order chi connectivity index (χ1) is 7.33. The molecule has 0 spiro atoms. The highest BCUT2D eigenvalue weighted by Crippen LogP contribution is 2.32. The highest BCUT2D eigenvalue weighted by Gasteiger charge is 2.26. The summed E-state index contributed by atoms with van der Waals surface area (Å²) in [5.41, 5.74) is 7.36. The summed E-state index contributed by atoms with van der Waals surface area (Å²) in [5.74, 6) is 3.02. The van der Waals surface area contributed by atoms with Gasteiger partial charge in [0.15, 0.2) is 0 Å². The summed E-state index contributed by atoms with van der Waals surface area (Å²) in [6.45, 7) is 3.06. The fourth-order valence-corrected chi connectivity index (χ4v) is 3.30. The lowest BCUT2D eigenvalue weighted by atomic mass is 9.97. The van der Waals surface area contributed by atoms with Gasteiger partial charge in [0.1, 0.15) is 0 Å². The molecular weight excluding hydrogens is 208 g/mol. The molecule has 0 aromatic carbocycles. The van der Waals surface area contributed by atoms with Crippen LogP contribution in [0.5, 0.6) is 0 Å². The summed E-state index contributed by atoms with van der Waals surface area (Å²) in [5, 5.41) is 8.04. The first-order valence-electron chi connectivity index (χ1n) is 5.54. The fraction of sp³-hybridized carbons (Fsp3) is 0.800. The third-order valence-corrected chi connectivity index (χ3v) is 4.09. The number of thioether (sulfide) groups is 1. The molecule has 2 heterocycles. The number of nitrogens with two attached hydrogens (primary N) is 1. The van der Waals surface area contributed by atoms with Gasteiger partial charge in [0.05, 0.1) is 17.9 Å². The zero-order chi connectivity index (χ0) is 10.7. The van der Waals surface area contributed by atoms with Crippen LogP contribution in [0.2, 0.25) is 0 Å². The van der Waals surface area contributed by atoms with Crippen LogP contribution in [-0.2, 0) is 6.54 Å². The van der Waals surface area contributed by atoms with E-state index in [0.29, 0.717) is 5.92 Å². The van der Waals surface area contributed by atoms with E-state index in [4.69, 9.17) is 5.73 Å². The Labute approximate surface area is 94.6 Å². The van der Waals surface area contributed by atoms with Crippen molar-refractivity contribution in [2.75, 3.05) is 11.5 Å². The maximum atomic E-state index is 6.26. The van der Waals surface area contributed by atoms with Gasteiger partial charge in [-0.1, -0.05) is 12.1 Å². The van der Waals surface area contributed by atoms with Crippen LogP contribution in [0.1, 0.15) is 31.5 Å². The van der Waals surface area contributed by atoms with Crippen molar-refractivity contribution >= 4 is 11.8 Å². The van der Waals surface area contributed by atoms with Gasteiger partial charge in [-0.3, -0.25) is 0 Å². The molecule has 0 saturated carbocycles. The average Bonchev–Trinajstić information content (AvgIpc) is 2.87. The summed E-state index contributed by atoms with van der Waals surface area (Å²) in [6, 6.07) is 0.113. The lowest BCUT2D eigenvalue weighted by molar-refractivity contribution is 0.436. The van der Waals surface area contributed by atoms with Crippen molar-refractivity contribution in [3.8, 4) is 0 Å². The van der Waals surface area contributed by atoms with Gasteiger partial charge < -0.3 is 5.73 Å². The van der Waals surface area contributed by atoms with Crippen LogP contribution in [0.15, 0.2) is 6.20 Å². The van der Waals surface area contributed by atoms with Gasteiger partial charge in [-0.05, 0) is 30.3 Å². The average molecular weight is 226 g/mol. The molecule has 4 nitrogen and oxygen atoms in total. The van der Waals surface area contributed by atoms with Crippen molar-refractivity contribution in [2.45, 2.75) is 32.4 Å². The largest absolute Gasteiger partial charge is 0.322 e. The number of nitrogens with zero attached hydrogens (tertiary/aromatic N) is 3. The van der Waals surface area contributed by atoms with E-state index >= 15 is 0 Å². The van der Waals surface area contributed by atoms with E-state index in [9.17, 15) is 0 Å². The number of hydrogen-bond donors (Lipinski definition) is 1. The molecule has 0 amide bonds. The van der Waals surface area contributed by atoms with Crippen LogP contribution < -0.4 is 5.73 Å². The number of aromatic nitrogens is 3. The van der Waals surface area contributed by atoms with Gasteiger partial charge in [-0.25, -0.2) is 4.68 Å². The number of rotatable bonds is 4. The molecule has 84 valence electrons. The summed E-state index contributed by atoms with van der Waals surface area (Å²) >= 11 is 2.00. The highest BCUT2D eigenvalue weighted by molar-refractivity contribution is 7.99. The van der Waals surface area contributed by atoms with Gasteiger partial charge in [0, 0.05) is 6.54 Å². The van der Waals surface area contributed by atoms with Crippen molar-refractivity contribution in [3.05, 3.63) is 11.9 Å². The molecule has 2 rings (SSSR count). The zero-order valence-electron chi connectivity index (χ0n) is 9.09.